The predicted molar refractivity (Wildman–Crippen MR) is 46.4 cm³/mol. The third-order valence-corrected chi connectivity index (χ3v) is 3.81. The lowest BCUT2D eigenvalue weighted by molar-refractivity contribution is -0.0866. The Bertz CT molecular complexity index is 332. The first-order chi connectivity index (χ1) is 6.62. The standard InChI is InChI=1S/C7H12F3NO3S/c1-2-3-6(12)4-11(5-6)15(13,14)7(8,9)10/h12H,2-5H2,1H3. The van der Waals surface area contributed by atoms with Crippen LogP contribution in [0, 0.1) is 0 Å². The van der Waals surface area contributed by atoms with E-state index in [1.165, 1.54) is 0 Å². The number of halogens is 3. The molecular formula is C7H12F3NO3S. The van der Waals surface area contributed by atoms with Crippen LogP contribution < -0.4 is 0 Å². The van der Waals surface area contributed by atoms with Crippen molar-refractivity contribution in [1.82, 2.24) is 4.31 Å². The van der Waals surface area contributed by atoms with E-state index in [2.05, 4.69) is 0 Å². The fraction of sp³-hybridized carbons (Fsp3) is 1.00. The molecule has 15 heavy (non-hydrogen) atoms. The third kappa shape index (κ3) is 2.26. The fourth-order valence-corrected chi connectivity index (χ4v) is 2.66. The normalized spacial score (nSPS) is 22.5. The summed E-state index contributed by atoms with van der Waals surface area (Å²) in [5.74, 6) is 0. The molecule has 1 aliphatic rings. The molecule has 0 bridgehead atoms. The highest BCUT2D eigenvalue weighted by atomic mass is 32.2. The molecule has 0 aromatic heterocycles. The first-order valence-corrected chi connectivity index (χ1v) is 5.85. The van der Waals surface area contributed by atoms with Gasteiger partial charge in [-0.3, -0.25) is 0 Å². The highest BCUT2D eigenvalue weighted by Crippen LogP contribution is 2.35. The molecule has 0 aliphatic carbocycles. The number of β-amino-alcohol motifs (C(OH)–C–C–N with tert-alkyl or cyclic N) is 1. The van der Waals surface area contributed by atoms with E-state index in [-0.39, 0.29) is 4.31 Å². The lowest BCUT2D eigenvalue weighted by Gasteiger charge is -2.45. The molecule has 90 valence electrons. The molecule has 4 nitrogen and oxygen atoms in total. The number of hydrogen-bond donors (Lipinski definition) is 1. The zero-order chi connectivity index (χ0) is 11.9. The minimum atomic E-state index is -5.28. The van der Waals surface area contributed by atoms with E-state index in [1.54, 1.807) is 6.92 Å². The molecule has 0 aromatic rings. The Balaban J connectivity index is 2.67. The molecule has 0 saturated carbocycles. The second kappa shape index (κ2) is 3.60. The topological polar surface area (TPSA) is 57.6 Å². The van der Waals surface area contributed by atoms with E-state index in [0.29, 0.717) is 12.8 Å². The second-order valence-electron chi connectivity index (χ2n) is 3.69. The molecule has 0 spiro atoms. The van der Waals surface area contributed by atoms with Crippen LogP contribution in [0.25, 0.3) is 0 Å². The Hall–Kier alpha value is -0.340. The van der Waals surface area contributed by atoms with Gasteiger partial charge in [-0.05, 0) is 6.42 Å². The van der Waals surface area contributed by atoms with Gasteiger partial charge in [0.2, 0.25) is 0 Å². The van der Waals surface area contributed by atoms with Gasteiger partial charge in [0, 0.05) is 13.1 Å². The van der Waals surface area contributed by atoms with Gasteiger partial charge in [0.25, 0.3) is 0 Å². The number of hydrogen-bond acceptors (Lipinski definition) is 3. The smallest absolute Gasteiger partial charge is 0.387 e. The van der Waals surface area contributed by atoms with Crippen molar-refractivity contribution in [1.29, 1.82) is 0 Å². The summed E-state index contributed by atoms with van der Waals surface area (Å²) in [6.07, 6.45) is 0.896. The van der Waals surface area contributed by atoms with E-state index in [4.69, 9.17) is 0 Å². The van der Waals surface area contributed by atoms with Crippen molar-refractivity contribution >= 4 is 10.0 Å². The van der Waals surface area contributed by atoms with E-state index < -0.39 is 34.2 Å². The SMILES string of the molecule is CCCC1(O)CN(S(=O)(=O)C(F)(F)F)C1. The number of alkyl halides is 3. The fourth-order valence-electron chi connectivity index (χ4n) is 1.55. The number of nitrogens with zero attached hydrogens (tertiary/aromatic N) is 1. The molecule has 0 radical (unpaired) electrons. The number of sulfonamides is 1. The first-order valence-electron chi connectivity index (χ1n) is 4.41. The van der Waals surface area contributed by atoms with Gasteiger partial charge < -0.3 is 5.11 Å². The predicted octanol–water partition coefficient (Wildman–Crippen LogP) is 0.683. The van der Waals surface area contributed by atoms with Crippen molar-refractivity contribution in [2.75, 3.05) is 13.1 Å². The molecule has 0 aromatic carbocycles. The summed E-state index contributed by atoms with van der Waals surface area (Å²) in [4.78, 5) is 0. The highest BCUT2D eigenvalue weighted by Gasteiger charge is 2.57. The van der Waals surface area contributed by atoms with Crippen LogP contribution >= 0.6 is 0 Å². The molecule has 1 N–H and O–H groups in total. The van der Waals surface area contributed by atoms with Gasteiger partial charge in [-0.15, -0.1) is 0 Å². The van der Waals surface area contributed by atoms with Crippen molar-refractivity contribution in [2.24, 2.45) is 0 Å². The molecule has 1 aliphatic heterocycles. The van der Waals surface area contributed by atoms with Crippen LogP contribution in [-0.4, -0.2) is 42.0 Å². The van der Waals surface area contributed by atoms with Gasteiger partial charge in [-0.25, -0.2) is 8.42 Å². The van der Waals surface area contributed by atoms with Crippen LogP contribution in [0.3, 0.4) is 0 Å². The average Bonchev–Trinajstić information content (AvgIpc) is 1.98. The lowest BCUT2D eigenvalue weighted by atomic mass is 9.92. The quantitative estimate of drug-likeness (QED) is 0.798. The van der Waals surface area contributed by atoms with Crippen molar-refractivity contribution in [3.63, 3.8) is 0 Å². The summed E-state index contributed by atoms with van der Waals surface area (Å²) in [6.45, 7) is 0.824. The van der Waals surface area contributed by atoms with Crippen molar-refractivity contribution in [2.45, 2.75) is 30.9 Å². The Labute approximate surface area is 85.7 Å². The Morgan fingerprint density at radius 1 is 1.40 bits per heavy atom. The molecule has 1 rings (SSSR count). The number of rotatable bonds is 3. The molecule has 1 saturated heterocycles. The maximum Gasteiger partial charge on any atom is 0.511 e. The molecular weight excluding hydrogens is 235 g/mol. The first kappa shape index (κ1) is 12.7. The van der Waals surface area contributed by atoms with Gasteiger partial charge in [0.15, 0.2) is 0 Å². The maximum absolute atomic E-state index is 12.0. The van der Waals surface area contributed by atoms with Crippen LogP contribution in [0.1, 0.15) is 19.8 Å². The molecule has 0 unspecified atom stereocenters. The third-order valence-electron chi connectivity index (χ3n) is 2.29. The molecule has 8 heteroatoms. The molecule has 0 atom stereocenters. The van der Waals surface area contributed by atoms with Gasteiger partial charge in [-0.1, -0.05) is 13.3 Å². The van der Waals surface area contributed by atoms with Gasteiger partial charge in [0.1, 0.15) is 0 Å². The van der Waals surface area contributed by atoms with Crippen molar-refractivity contribution in [3.05, 3.63) is 0 Å². The Morgan fingerprint density at radius 3 is 2.20 bits per heavy atom. The van der Waals surface area contributed by atoms with E-state index in [9.17, 15) is 26.7 Å². The summed E-state index contributed by atoms with van der Waals surface area (Å²) in [5.41, 5.74) is -6.56. The van der Waals surface area contributed by atoms with Crippen LogP contribution in [-0.2, 0) is 10.0 Å². The molecule has 1 fully saturated rings. The van der Waals surface area contributed by atoms with Gasteiger partial charge >= 0.3 is 15.5 Å². The van der Waals surface area contributed by atoms with Gasteiger partial charge in [0.05, 0.1) is 5.60 Å². The van der Waals surface area contributed by atoms with E-state index in [1.807, 2.05) is 0 Å². The monoisotopic (exact) mass is 247 g/mol. The van der Waals surface area contributed by atoms with Crippen molar-refractivity contribution < 1.29 is 26.7 Å². The highest BCUT2D eigenvalue weighted by molar-refractivity contribution is 7.90. The van der Waals surface area contributed by atoms with E-state index >= 15 is 0 Å². The minimum Gasteiger partial charge on any atom is -0.387 e. The molecule has 0 amide bonds. The summed E-state index contributed by atoms with van der Waals surface area (Å²) >= 11 is 0. The summed E-state index contributed by atoms with van der Waals surface area (Å²) < 4.78 is 58.0. The van der Waals surface area contributed by atoms with Crippen LogP contribution in [0.15, 0.2) is 0 Å². The Morgan fingerprint density at radius 2 is 1.87 bits per heavy atom. The lowest BCUT2D eigenvalue weighted by Crippen LogP contribution is -2.65. The van der Waals surface area contributed by atoms with Crippen LogP contribution in [0.2, 0.25) is 0 Å². The van der Waals surface area contributed by atoms with Gasteiger partial charge in [-0.2, -0.15) is 17.5 Å². The second-order valence-corrected chi connectivity index (χ2v) is 5.62. The number of aliphatic hydroxyl groups is 1. The van der Waals surface area contributed by atoms with Crippen molar-refractivity contribution in [3.8, 4) is 0 Å². The van der Waals surface area contributed by atoms with E-state index in [0.717, 1.165) is 0 Å². The maximum atomic E-state index is 12.0. The summed E-state index contributed by atoms with van der Waals surface area (Å²) in [7, 11) is -5.26. The largest absolute Gasteiger partial charge is 0.511 e. The zero-order valence-corrected chi connectivity index (χ0v) is 8.90. The summed E-state index contributed by atoms with van der Waals surface area (Å²) in [5, 5.41) is 9.54. The molecule has 1 heterocycles. The zero-order valence-electron chi connectivity index (χ0n) is 8.08. The average molecular weight is 247 g/mol. The van der Waals surface area contributed by atoms with Crippen LogP contribution in [0.4, 0.5) is 13.2 Å². The van der Waals surface area contributed by atoms with Crippen LogP contribution in [0.5, 0.6) is 0 Å². The summed E-state index contributed by atoms with van der Waals surface area (Å²) in [6, 6.07) is 0. The Kier molecular flexibility index (Phi) is 3.05. The minimum absolute atomic E-state index is 0.253.